The van der Waals surface area contributed by atoms with Crippen LogP contribution in [0.25, 0.3) is 53.5 Å². The van der Waals surface area contributed by atoms with Gasteiger partial charge in [-0.1, -0.05) is 71.0 Å². The Morgan fingerprint density at radius 2 is 1.56 bits per heavy atom. The first-order valence-corrected chi connectivity index (χ1v) is 15.6. The third kappa shape index (κ3) is 4.60. The van der Waals surface area contributed by atoms with Crippen molar-refractivity contribution >= 4 is 53.7 Å². The third-order valence-electron chi connectivity index (χ3n) is 8.02. The molecule has 198 valence electrons. The summed E-state index contributed by atoms with van der Waals surface area (Å²) in [5.41, 5.74) is 10.1. The van der Waals surface area contributed by atoms with Crippen molar-refractivity contribution in [1.29, 1.82) is 0 Å². The molecule has 0 aliphatic rings. The first kappa shape index (κ1) is 26.2. The molecule has 0 aliphatic heterocycles. The molecule has 0 amide bonds. The van der Waals surface area contributed by atoms with Crippen molar-refractivity contribution in [2.24, 2.45) is 5.92 Å². The molecule has 3 aromatic heterocycles. The fraction of sp³-hybridized carbons (Fsp3) is 0.306. The molecular formula is C36H37NS2. The normalized spacial score (nSPS) is 12.4. The summed E-state index contributed by atoms with van der Waals surface area (Å²) in [6, 6.07) is 22.9. The Morgan fingerprint density at radius 1 is 0.795 bits per heavy atom. The summed E-state index contributed by atoms with van der Waals surface area (Å²) in [7, 11) is 0. The molecule has 6 rings (SSSR count). The molecule has 3 heterocycles. The smallest absolute Gasteiger partial charge is 0.0855 e. The number of aromatic nitrogens is 1. The summed E-state index contributed by atoms with van der Waals surface area (Å²) in [6.45, 7) is 18.3. The minimum absolute atomic E-state index is 0.0349. The zero-order valence-corrected chi connectivity index (χ0v) is 26.0. The standard InChI is InChI=1S/C36H37NS2/c1-20(2)15-32-22(4)27-14-13-25(18-33(27)39-32)29-19-31(37-34-21(3)23(5)38-35(29)34)26-16-24-11-9-10-12-28(24)30(17-26)36(6,7)8/h9-14,16-20H,15H2,1-8H3. The molecule has 39 heavy (non-hydrogen) atoms. The highest BCUT2D eigenvalue weighted by atomic mass is 32.1. The average Bonchev–Trinajstić information content (AvgIpc) is 3.36. The Hall–Kier alpha value is -3.01. The lowest BCUT2D eigenvalue weighted by molar-refractivity contribution is 0.596. The van der Waals surface area contributed by atoms with Gasteiger partial charge in [0.05, 0.1) is 15.9 Å². The van der Waals surface area contributed by atoms with E-state index in [1.807, 2.05) is 22.7 Å². The van der Waals surface area contributed by atoms with Crippen molar-refractivity contribution < 1.29 is 0 Å². The van der Waals surface area contributed by atoms with Crippen LogP contribution in [0.2, 0.25) is 0 Å². The van der Waals surface area contributed by atoms with E-state index in [9.17, 15) is 0 Å². The van der Waals surface area contributed by atoms with Crippen molar-refractivity contribution in [3.8, 4) is 22.4 Å². The van der Waals surface area contributed by atoms with Crippen LogP contribution in [0.15, 0.2) is 60.7 Å². The Bertz CT molecular complexity index is 1870. The molecule has 3 heteroatoms. The molecule has 1 nitrogen and oxygen atoms in total. The van der Waals surface area contributed by atoms with E-state index in [-0.39, 0.29) is 5.41 Å². The summed E-state index contributed by atoms with van der Waals surface area (Å²) < 4.78 is 2.68. The highest BCUT2D eigenvalue weighted by Crippen LogP contribution is 2.43. The van der Waals surface area contributed by atoms with Gasteiger partial charge in [-0.2, -0.15) is 0 Å². The molecule has 3 aromatic carbocycles. The Balaban J connectivity index is 1.60. The van der Waals surface area contributed by atoms with Gasteiger partial charge in [0.25, 0.3) is 0 Å². The number of pyridine rings is 1. The van der Waals surface area contributed by atoms with E-state index in [0.29, 0.717) is 5.92 Å². The first-order chi connectivity index (χ1) is 18.5. The molecule has 0 atom stereocenters. The van der Waals surface area contributed by atoms with Crippen LogP contribution in [0, 0.1) is 26.7 Å². The highest BCUT2D eigenvalue weighted by Gasteiger charge is 2.21. The number of benzene rings is 3. The molecular weight excluding hydrogens is 511 g/mol. The number of aryl methyl sites for hydroxylation is 3. The molecule has 6 aromatic rings. The number of rotatable bonds is 4. The van der Waals surface area contributed by atoms with Crippen LogP contribution in [-0.2, 0) is 11.8 Å². The van der Waals surface area contributed by atoms with Gasteiger partial charge in [0, 0.05) is 25.6 Å². The lowest BCUT2D eigenvalue weighted by atomic mass is 9.82. The van der Waals surface area contributed by atoms with E-state index in [4.69, 9.17) is 4.98 Å². The van der Waals surface area contributed by atoms with Gasteiger partial charge in [-0.3, -0.25) is 0 Å². The summed E-state index contributed by atoms with van der Waals surface area (Å²) in [6.07, 6.45) is 1.14. The summed E-state index contributed by atoms with van der Waals surface area (Å²) >= 11 is 3.85. The fourth-order valence-corrected chi connectivity index (χ4v) is 8.34. The van der Waals surface area contributed by atoms with E-state index >= 15 is 0 Å². The molecule has 0 aliphatic carbocycles. The van der Waals surface area contributed by atoms with Gasteiger partial charge in [-0.15, -0.1) is 22.7 Å². The van der Waals surface area contributed by atoms with Crippen LogP contribution in [0.5, 0.6) is 0 Å². The summed E-state index contributed by atoms with van der Waals surface area (Å²) in [5, 5.41) is 4.00. The fourth-order valence-electron chi connectivity index (χ4n) is 5.74. The molecule has 0 saturated carbocycles. The molecule has 0 radical (unpaired) electrons. The van der Waals surface area contributed by atoms with Crippen LogP contribution in [-0.4, -0.2) is 4.98 Å². The number of hydrogen-bond donors (Lipinski definition) is 0. The molecule has 0 saturated heterocycles. The highest BCUT2D eigenvalue weighted by molar-refractivity contribution is 7.20. The Kier molecular flexibility index (Phi) is 6.44. The van der Waals surface area contributed by atoms with Gasteiger partial charge in [-0.05, 0) is 101 Å². The van der Waals surface area contributed by atoms with Crippen molar-refractivity contribution in [2.45, 2.75) is 67.2 Å². The van der Waals surface area contributed by atoms with E-state index < -0.39 is 0 Å². The number of hydrogen-bond acceptors (Lipinski definition) is 3. The van der Waals surface area contributed by atoms with Crippen molar-refractivity contribution in [3.63, 3.8) is 0 Å². The lowest BCUT2D eigenvalue weighted by Gasteiger charge is -2.23. The predicted molar refractivity (Wildman–Crippen MR) is 175 cm³/mol. The second kappa shape index (κ2) is 9.57. The van der Waals surface area contributed by atoms with Crippen LogP contribution in [0.3, 0.4) is 0 Å². The van der Waals surface area contributed by atoms with Crippen molar-refractivity contribution in [1.82, 2.24) is 4.98 Å². The molecule has 0 fully saturated rings. The Morgan fingerprint density at radius 3 is 2.31 bits per heavy atom. The minimum atomic E-state index is 0.0349. The molecule has 0 bridgehead atoms. The van der Waals surface area contributed by atoms with Gasteiger partial charge in [0.15, 0.2) is 0 Å². The Labute approximate surface area is 240 Å². The largest absolute Gasteiger partial charge is 0.247 e. The zero-order chi connectivity index (χ0) is 27.6. The third-order valence-corrected chi connectivity index (χ3v) is 10.5. The van der Waals surface area contributed by atoms with E-state index in [1.165, 1.54) is 68.7 Å². The van der Waals surface area contributed by atoms with E-state index in [2.05, 4.69) is 116 Å². The van der Waals surface area contributed by atoms with Crippen molar-refractivity contribution in [3.05, 3.63) is 87.1 Å². The maximum Gasteiger partial charge on any atom is 0.0855 e. The lowest BCUT2D eigenvalue weighted by Crippen LogP contribution is -2.12. The first-order valence-electron chi connectivity index (χ1n) is 14.0. The summed E-state index contributed by atoms with van der Waals surface area (Å²) in [5.74, 6) is 0.663. The average molecular weight is 548 g/mol. The van der Waals surface area contributed by atoms with Gasteiger partial charge in [0.1, 0.15) is 0 Å². The zero-order valence-electron chi connectivity index (χ0n) is 24.3. The molecule has 0 spiro atoms. The second-order valence-electron chi connectivity index (χ2n) is 12.5. The topological polar surface area (TPSA) is 12.9 Å². The number of fused-ring (bicyclic) bond motifs is 3. The summed E-state index contributed by atoms with van der Waals surface area (Å²) in [4.78, 5) is 8.17. The van der Waals surface area contributed by atoms with Crippen LogP contribution >= 0.6 is 22.7 Å². The van der Waals surface area contributed by atoms with Gasteiger partial charge in [-0.25, -0.2) is 4.98 Å². The van der Waals surface area contributed by atoms with E-state index in [1.54, 1.807) is 0 Å². The SMILES string of the molecule is Cc1sc2c(-c3ccc4c(C)c(CC(C)C)sc4c3)cc(-c3cc(C(C)(C)C)c4ccccc4c3)nc2c1C. The predicted octanol–water partition coefficient (Wildman–Crippen LogP) is 11.4. The quantitative estimate of drug-likeness (QED) is 0.214. The van der Waals surface area contributed by atoms with E-state index in [0.717, 1.165) is 17.6 Å². The van der Waals surface area contributed by atoms with Gasteiger partial charge in [0.2, 0.25) is 0 Å². The second-order valence-corrected chi connectivity index (χ2v) is 14.8. The maximum atomic E-state index is 5.31. The van der Waals surface area contributed by atoms with Gasteiger partial charge >= 0.3 is 0 Å². The van der Waals surface area contributed by atoms with Gasteiger partial charge < -0.3 is 0 Å². The number of nitrogens with zero attached hydrogens (tertiary/aromatic N) is 1. The minimum Gasteiger partial charge on any atom is -0.247 e. The molecule has 0 N–H and O–H groups in total. The monoisotopic (exact) mass is 547 g/mol. The maximum absolute atomic E-state index is 5.31. The van der Waals surface area contributed by atoms with Crippen molar-refractivity contribution in [2.75, 3.05) is 0 Å². The molecule has 0 unspecified atom stereocenters. The van der Waals surface area contributed by atoms with Crippen LogP contribution in [0.1, 0.15) is 61.1 Å². The number of thiophene rings is 2. The van der Waals surface area contributed by atoms with Crippen LogP contribution < -0.4 is 0 Å². The van der Waals surface area contributed by atoms with Crippen LogP contribution in [0.4, 0.5) is 0 Å².